The molecule has 6 nitrogen and oxygen atoms in total. The van der Waals surface area contributed by atoms with Crippen molar-refractivity contribution in [1.29, 1.82) is 0 Å². The number of carboxylic acids is 1. The third-order valence-corrected chi connectivity index (χ3v) is 2.56. The van der Waals surface area contributed by atoms with E-state index in [9.17, 15) is 14.7 Å². The highest BCUT2D eigenvalue weighted by Gasteiger charge is 2.39. The number of amides is 1. The Labute approximate surface area is 91.1 Å². The number of carbonyl (C=O) groups excluding carboxylic acids is 1. The van der Waals surface area contributed by atoms with Crippen molar-refractivity contribution in [2.45, 2.75) is 18.6 Å². The fraction of sp³-hybridized carbons (Fsp3) is 0.400. The number of rotatable bonds is 2. The number of nitrogens with zero attached hydrogens (tertiary/aromatic N) is 1. The van der Waals surface area contributed by atoms with Gasteiger partial charge in [-0.05, 0) is 12.1 Å². The Kier molecular flexibility index (Phi) is 2.66. The molecule has 2 N–H and O–H groups in total. The minimum atomic E-state index is -1.11. The average molecular weight is 225 g/mol. The lowest BCUT2D eigenvalue weighted by Crippen LogP contribution is -2.40. The lowest BCUT2D eigenvalue weighted by molar-refractivity contribution is -0.141. The van der Waals surface area contributed by atoms with Crippen LogP contribution in [0, 0.1) is 0 Å². The summed E-state index contributed by atoms with van der Waals surface area (Å²) in [6, 6.07) is 2.04. The van der Waals surface area contributed by atoms with Gasteiger partial charge in [-0.15, -0.1) is 0 Å². The number of carboxylic acid groups (broad SMARTS) is 1. The predicted octanol–water partition coefficient (Wildman–Crippen LogP) is -0.0604. The molecular weight excluding hydrogens is 214 g/mol. The maximum Gasteiger partial charge on any atom is 0.326 e. The van der Waals surface area contributed by atoms with Crippen molar-refractivity contribution in [1.82, 2.24) is 4.90 Å². The number of aliphatic hydroxyl groups excluding tert-OH is 1. The number of furan rings is 1. The van der Waals surface area contributed by atoms with Crippen LogP contribution in [0.1, 0.15) is 17.0 Å². The van der Waals surface area contributed by atoms with Gasteiger partial charge in [0.25, 0.3) is 5.91 Å². The number of hydrogen-bond donors (Lipinski definition) is 2. The van der Waals surface area contributed by atoms with Crippen molar-refractivity contribution in [3.05, 3.63) is 24.2 Å². The van der Waals surface area contributed by atoms with E-state index in [1.54, 1.807) is 6.07 Å². The van der Waals surface area contributed by atoms with Crippen molar-refractivity contribution in [3.63, 3.8) is 0 Å². The fourth-order valence-electron chi connectivity index (χ4n) is 1.81. The van der Waals surface area contributed by atoms with E-state index >= 15 is 0 Å². The number of aliphatic hydroxyl groups is 1. The average Bonchev–Trinajstić information content (AvgIpc) is 2.84. The molecule has 2 atom stereocenters. The van der Waals surface area contributed by atoms with E-state index in [0.29, 0.717) is 0 Å². The first-order valence-electron chi connectivity index (χ1n) is 4.85. The lowest BCUT2D eigenvalue weighted by Gasteiger charge is -2.19. The quantitative estimate of drug-likeness (QED) is 0.735. The van der Waals surface area contributed by atoms with Crippen LogP contribution >= 0.6 is 0 Å². The lowest BCUT2D eigenvalue weighted by atomic mass is 10.2. The second kappa shape index (κ2) is 3.97. The van der Waals surface area contributed by atoms with Gasteiger partial charge in [-0.2, -0.15) is 0 Å². The molecule has 16 heavy (non-hydrogen) atoms. The largest absolute Gasteiger partial charge is 0.480 e. The first kappa shape index (κ1) is 10.7. The Morgan fingerprint density at radius 2 is 2.25 bits per heavy atom. The highest BCUT2D eigenvalue weighted by Crippen LogP contribution is 2.20. The summed E-state index contributed by atoms with van der Waals surface area (Å²) in [7, 11) is 0. The molecule has 1 aliphatic heterocycles. The molecule has 86 valence electrons. The summed E-state index contributed by atoms with van der Waals surface area (Å²) in [6.45, 7) is 0.0243. The van der Waals surface area contributed by atoms with E-state index in [4.69, 9.17) is 9.52 Å². The summed E-state index contributed by atoms with van der Waals surface area (Å²) in [5, 5.41) is 18.3. The molecule has 0 unspecified atom stereocenters. The molecule has 0 aliphatic carbocycles. The molecule has 0 bridgehead atoms. The molecule has 0 spiro atoms. The van der Waals surface area contributed by atoms with Crippen LogP contribution in [0.4, 0.5) is 0 Å². The first-order valence-corrected chi connectivity index (χ1v) is 4.85. The van der Waals surface area contributed by atoms with E-state index < -0.39 is 24.0 Å². The zero-order valence-corrected chi connectivity index (χ0v) is 8.37. The molecule has 0 aromatic carbocycles. The summed E-state index contributed by atoms with van der Waals surface area (Å²) >= 11 is 0. The van der Waals surface area contributed by atoms with E-state index in [2.05, 4.69) is 0 Å². The van der Waals surface area contributed by atoms with Crippen molar-refractivity contribution in [3.8, 4) is 0 Å². The van der Waals surface area contributed by atoms with E-state index in [1.165, 1.54) is 12.3 Å². The molecule has 0 saturated carbocycles. The molecule has 1 fully saturated rings. The van der Waals surface area contributed by atoms with Crippen molar-refractivity contribution in [2.75, 3.05) is 6.54 Å². The number of aliphatic carboxylic acids is 1. The van der Waals surface area contributed by atoms with Gasteiger partial charge in [-0.1, -0.05) is 0 Å². The van der Waals surface area contributed by atoms with Crippen LogP contribution in [0.5, 0.6) is 0 Å². The van der Waals surface area contributed by atoms with Gasteiger partial charge in [0.1, 0.15) is 6.04 Å². The van der Waals surface area contributed by atoms with Crippen molar-refractivity contribution in [2.24, 2.45) is 0 Å². The number of likely N-dealkylation sites (tertiary alicyclic amines) is 1. The van der Waals surface area contributed by atoms with Crippen LogP contribution in [0.15, 0.2) is 22.8 Å². The Morgan fingerprint density at radius 3 is 2.81 bits per heavy atom. The topological polar surface area (TPSA) is 91.0 Å². The SMILES string of the molecule is O=C(O)[C@@H]1C[C@H](O)CN1C(=O)c1ccco1. The standard InChI is InChI=1S/C10H11NO5/c12-6-4-7(10(14)15)11(5-6)9(13)8-2-1-3-16-8/h1-3,6-7,12H,4-5H2,(H,14,15)/t6-,7-/m0/s1. The molecule has 1 aromatic rings. The van der Waals surface area contributed by atoms with E-state index in [-0.39, 0.29) is 18.7 Å². The molecular formula is C10H11NO5. The van der Waals surface area contributed by atoms with Crippen LogP contribution in [0.2, 0.25) is 0 Å². The number of carbonyl (C=O) groups is 2. The zero-order chi connectivity index (χ0) is 11.7. The summed E-state index contributed by atoms with van der Waals surface area (Å²) in [6.07, 6.45) is 0.608. The van der Waals surface area contributed by atoms with Gasteiger partial charge in [0, 0.05) is 13.0 Å². The van der Waals surface area contributed by atoms with Gasteiger partial charge in [0.15, 0.2) is 5.76 Å². The van der Waals surface area contributed by atoms with Crippen molar-refractivity contribution < 1.29 is 24.2 Å². The van der Waals surface area contributed by atoms with Gasteiger partial charge in [-0.25, -0.2) is 4.79 Å². The van der Waals surface area contributed by atoms with Crippen LogP contribution in [0.3, 0.4) is 0 Å². The van der Waals surface area contributed by atoms with Crippen LogP contribution in [0.25, 0.3) is 0 Å². The van der Waals surface area contributed by atoms with Gasteiger partial charge in [0.05, 0.1) is 12.4 Å². The molecule has 6 heteroatoms. The highest BCUT2D eigenvalue weighted by molar-refractivity contribution is 5.94. The Hall–Kier alpha value is -1.82. The summed E-state index contributed by atoms with van der Waals surface area (Å²) in [5.74, 6) is -1.54. The monoisotopic (exact) mass is 225 g/mol. The van der Waals surface area contributed by atoms with Crippen LogP contribution in [-0.2, 0) is 4.79 Å². The fourth-order valence-corrected chi connectivity index (χ4v) is 1.81. The van der Waals surface area contributed by atoms with Crippen LogP contribution < -0.4 is 0 Å². The van der Waals surface area contributed by atoms with Gasteiger partial charge in [-0.3, -0.25) is 4.79 Å². The molecule has 0 radical (unpaired) electrons. The zero-order valence-electron chi connectivity index (χ0n) is 8.37. The normalized spacial score (nSPS) is 24.7. The van der Waals surface area contributed by atoms with Gasteiger partial charge in [0.2, 0.25) is 0 Å². The Balaban J connectivity index is 2.20. The predicted molar refractivity (Wildman–Crippen MR) is 51.8 cm³/mol. The van der Waals surface area contributed by atoms with Crippen LogP contribution in [-0.4, -0.2) is 45.7 Å². The number of hydrogen-bond acceptors (Lipinski definition) is 4. The summed E-state index contributed by atoms with van der Waals surface area (Å²) in [4.78, 5) is 23.8. The Morgan fingerprint density at radius 1 is 1.50 bits per heavy atom. The van der Waals surface area contributed by atoms with E-state index in [0.717, 1.165) is 4.90 Å². The van der Waals surface area contributed by atoms with Crippen molar-refractivity contribution >= 4 is 11.9 Å². The first-order chi connectivity index (χ1) is 7.59. The smallest absolute Gasteiger partial charge is 0.326 e. The molecule has 1 aliphatic rings. The Bertz CT molecular complexity index is 399. The summed E-state index contributed by atoms with van der Waals surface area (Å²) in [5.41, 5.74) is 0. The summed E-state index contributed by atoms with van der Waals surface area (Å²) < 4.78 is 4.91. The van der Waals surface area contributed by atoms with E-state index in [1.807, 2.05) is 0 Å². The highest BCUT2D eigenvalue weighted by atomic mass is 16.4. The van der Waals surface area contributed by atoms with Gasteiger partial charge < -0.3 is 19.5 Å². The molecule has 2 rings (SSSR count). The maximum atomic E-state index is 11.8. The number of β-amino-alcohol motifs (C(OH)–C–C–N with tert-alkyl or cyclic N) is 1. The van der Waals surface area contributed by atoms with Gasteiger partial charge >= 0.3 is 5.97 Å². The third-order valence-electron chi connectivity index (χ3n) is 2.56. The molecule has 1 aromatic heterocycles. The minimum Gasteiger partial charge on any atom is -0.480 e. The molecule has 1 saturated heterocycles. The molecule has 2 heterocycles. The maximum absolute atomic E-state index is 11.8. The third kappa shape index (κ3) is 1.79. The second-order valence-electron chi connectivity index (χ2n) is 3.68. The minimum absolute atomic E-state index is 0.0243. The second-order valence-corrected chi connectivity index (χ2v) is 3.68. The molecule has 1 amide bonds.